The van der Waals surface area contributed by atoms with Crippen LogP contribution in [0.5, 0.6) is 0 Å². The van der Waals surface area contributed by atoms with Crippen LogP contribution in [0.1, 0.15) is 17.0 Å². The van der Waals surface area contributed by atoms with Crippen molar-refractivity contribution in [3.05, 3.63) is 41.3 Å². The van der Waals surface area contributed by atoms with Gasteiger partial charge in [-0.05, 0) is 39.2 Å². The second-order valence-electron chi connectivity index (χ2n) is 5.58. The maximum absolute atomic E-state index is 13.2. The first kappa shape index (κ1) is 14.8. The second-order valence-corrected chi connectivity index (χ2v) is 5.58. The average molecular weight is 308 g/mol. The molecule has 7 heteroatoms. The van der Waals surface area contributed by atoms with Crippen LogP contribution >= 0.6 is 0 Å². The molecule has 3 rings (SSSR count). The van der Waals surface area contributed by atoms with Crippen molar-refractivity contribution in [1.29, 1.82) is 0 Å². The van der Waals surface area contributed by atoms with E-state index in [4.69, 9.17) is 0 Å². The van der Waals surface area contributed by atoms with Gasteiger partial charge in [0.2, 0.25) is 0 Å². The zero-order valence-electron chi connectivity index (χ0n) is 12.4. The first-order chi connectivity index (χ1) is 10.3. The summed E-state index contributed by atoms with van der Waals surface area (Å²) < 4.78 is 41.3. The fourth-order valence-electron chi connectivity index (χ4n) is 2.54. The molecular weight excluding hydrogens is 293 g/mol. The van der Waals surface area contributed by atoms with Gasteiger partial charge in [0, 0.05) is 23.8 Å². The molecule has 3 heterocycles. The largest absolute Gasteiger partial charge is 0.417 e. The van der Waals surface area contributed by atoms with Gasteiger partial charge in [0.25, 0.3) is 0 Å². The highest BCUT2D eigenvalue weighted by Crippen LogP contribution is 2.35. The molecule has 0 aliphatic rings. The molecule has 3 aromatic rings. The maximum Gasteiger partial charge on any atom is 0.417 e. The first-order valence-corrected chi connectivity index (χ1v) is 6.76. The van der Waals surface area contributed by atoms with Crippen molar-refractivity contribution in [2.75, 3.05) is 14.1 Å². The highest BCUT2D eigenvalue weighted by molar-refractivity contribution is 5.82. The van der Waals surface area contributed by atoms with E-state index in [0.29, 0.717) is 17.9 Å². The second kappa shape index (κ2) is 4.95. The Morgan fingerprint density at radius 3 is 2.55 bits per heavy atom. The number of hydrogen-bond donors (Lipinski definition) is 0. The quantitative estimate of drug-likeness (QED) is 0.728. The molecule has 0 aliphatic heterocycles. The third-order valence-corrected chi connectivity index (χ3v) is 3.36. The van der Waals surface area contributed by atoms with E-state index in [1.165, 1.54) is 6.07 Å². The molecule has 116 valence electrons. The lowest BCUT2D eigenvalue weighted by Crippen LogP contribution is -2.10. The van der Waals surface area contributed by atoms with Gasteiger partial charge in [-0.3, -0.25) is 4.40 Å². The monoisotopic (exact) mass is 308 g/mol. The third kappa shape index (κ3) is 2.52. The van der Waals surface area contributed by atoms with E-state index >= 15 is 0 Å². The van der Waals surface area contributed by atoms with Crippen molar-refractivity contribution < 1.29 is 13.2 Å². The molecule has 0 atom stereocenters. The molecular formula is C15H15F3N4. The van der Waals surface area contributed by atoms with Gasteiger partial charge in [0.05, 0.1) is 11.3 Å². The van der Waals surface area contributed by atoms with Gasteiger partial charge in [-0.25, -0.2) is 9.97 Å². The van der Waals surface area contributed by atoms with Gasteiger partial charge in [-0.2, -0.15) is 13.2 Å². The van der Waals surface area contributed by atoms with Crippen LogP contribution in [0.2, 0.25) is 0 Å². The zero-order chi connectivity index (χ0) is 16.1. The van der Waals surface area contributed by atoms with Crippen molar-refractivity contribution in [3.63, 3.8) is 0 Å². The van der Waals surface area contributed by atoms with Crippen molar-refractivity contribution in [2.45, 2.75) is 19.6 Å². The minimum atomic E-state index is -4.41. The van der Waals surface area contributed by atoms with Crippen LogP contribution in [-0.2, 0) is 12.7 Å². The maximum atomic E-state index is 13.2. The summed E-state index contributed by atoms with van der Waals surface area (Å²) in [6.45, 7) is 2.17. The van der Waals surface area contributed by atoms with Crippen molar-refractivity contribution >= 4 is 16.7 Å². The molecule has 0 N–H and O–H groups in total. The Kier molecular flexibility index (Phi) is 3.32. The predicted molar refractivity (Wildman–Crippen MR) is 77.6 cm³/mol. The smallest absolute Gasteiger partial charge is 0.304 e. The van der Waals surface area contributed by atoms with Crippen LogP contribution < -0.4 is 0 Å². The number of hydrogen-bond acceptors (Lipinski definition) is 3. The third-order valence-electron chi connectivity index (χ3n) is 3.36. The summed E-state index contributed by atoms with van der Waals surface area (Å²) >= 11 is 0. The van der Waals surface area contributed by atoms with E-state index in [0.717, 1.165) is 11.8 Å². The minimum Gasteiger partial charge on any atom is -0.304 e. The fraction of sp³-hybridized carbons (Fsp3) is 0.333. The molecule has 0 spiro atoms. The lowest BCUT2D eigenvalue weighted by atomic mass is 10.1. The summed E-state index contributed by atoms with van der Waals surface area (Å²) in [5, 5.41) is 0.0828. The van der Waals surface area contributed by atoms with E-state index in [9.17, 15) is 13.2 Å². The lowest BCUT2D eigenvalue weighted by molar-refractivity contribution is -0.136. The topological polar surface area (TPSA) is 33.4 Å². The Hall–Kier alpha value is -2.15. The minimum absolute atomic E-state index is 0.0828. The Labute approximate surface area is 125 Å². The fourth-order valence-corrected chi connectivity index (χ4v) is 2.54. The Morgan fingerprint density at radius 1 is 1.18 bits per heavy atom. The molecule has 0 bridgehead atoms. The van der Waals surface area contributed by atoms with Crippen molar-refractivity contribution in [1.82, 2.24) is 19.3 Å². The molecule has 0 saturated carbocycles. The van der Waals surface area contributed by atoms with Crippen molar-refractivity contribution in [2.24, 2.45) is 0 Å². The summed E-state index contributed by atoms with van der Waals surface area (Å²) in [5.41, 5.74) is 1.32. The normalized spacial score (nSPS) is 12.7. The van der Waals surface area contributed by atoms with E-state index < -0.39 is 11.7 Å². The Balaban J connectivity index is 2.31. The van der Waals surface area contributed by atoms with Crippen LogP contribution in [0.15, 0.2) is 24.4 Å². The molecule has 0 fully saturated rings. The van der Waals surface area contributed by atoms with Gasteiger partial charge in [0.1, 0.15) is 11.3 Å². The zero-order valence-corrected chi connectivity index (χ0v) is 12.4. The number of aryl methyl sites for hydroxylation is 1. The van der Waals surface area contributed by atoms with Gasteiger partial charge in [-0.15, -0.1) is 0 Å². The average Bonchev–Trinajstić information content (AvgIpc) is 2.78. The summed E-state index contributed by atoms with van der Waals surface area (Å²) in [6, 6.07) is 4.10. The van der Waals surface area contributed by atoms with Gasteiger partial charge in [0.15, 0.2) is 0 Å². The molecule has 3 aromatic heterocycles. The first-order valence-electron chi connectivity index (χ1n) is 6.76. The van der Waals surface area contributed by atoms with Crippen LogP contribution in [0.4, 0.5) is 13.2 Å². The molecule has 22 heavy (non-hydrogen) atoms. The number of rotatable bonds is 2. The summed E-state index contributed by atoms with van der Waals surface area (Å²) in [5.74, 6) is 0. The molecule has 4 nitrogen and oxygen atoms in total. The van der Waals surface area contributed by atoms with E-state index in [2.05, 4.69) is 9.97 Å². The number of aromatic nitrogens is 3. The number of alkyl halides is 3. The van der Waals surface area contributed by atoms with E-state index in [1.54, 1.807) is 23.6 Å². The molecule has 0 saturated heterocycles. The van der Waals surface area contributed by atoms with Crippen LogP contribution in [0.3, 0.4) is 0 Å². The molecule has 0 amide bonds. The summed E-state index contributed by atoms with van der Waals surface area (Å²) in [6.07, 6.45) is -2.67. The lowest BCUT2D eigenvalue weighted by Gasteiger charge is -2.12. The Bertz CT molecular complexity index is 849. The van der Waals surface area contributed by atoms with Crippen LogP contribution in [0.25, 0.3) is 16.7 Å². The highest BCUT2D eigenvalue weighted by atomic mass is 19.4. The SMILES string of the molecule is Cc1cc(C(F)(F)F)c2ccc3nc(CN(C)C)cn3c2n1. The van der Waals surface area contributed by atoms with Crippen molar-refractivity contribution in [3.8, 4) is 0 Å². The van der Waals surface area contributed by atoms with E-state index in [1.807, 2.05) is 19.0 Å². The highest BCUT2D eigenvalue weighted by Gasteiger charge is 2.33. The number of halogens is 3. The van der Waals surface area contributed by atoms with Gasteiger partial charge >= 0.3 is 6.18 Å². The molecule has 0 aliphatic carbocycles. The van der Waals surface area contributed by atoms with Crippen LogP contribution in [0, 0.1) is 6.92 Å². The van der Waals surface area contributed by atoms with Gasteiger partial charge < -0.3 is 4.90 Å². The molecule has 0 unspecified atom stereocenters. The van der Waals surface area contributed by atoms with Crippen LogP contribution in [-0.4, -0.2) is 33.4 Å². The summed E-state index contributed by atoms with van der Waals surface area (Å²) in [4.78, 5) is 10.7. The molecule has 0 radical (unpaired) electrons. The summed E-state index contributed by atoms with van der Waals surface area (Å²) in [7, 11) is 3.82. The molecule has 0 aromatic carbocycles. The Morgan fingerprint density at radius 2 is 1.91 bits per heavy atom. The number of imidazole rings is 1. The number of nitrogens with zero attached hydrogens (tertiary/aromatic N) is 4. The number of fused-ring (bicyclic) bond motifs is 3. The number of pyridine rings is 2. The van der Waals surface area contributed by atoms with Gasteiger partial charge in [-0.1, -0.05) is 0 Å². The van der Waals surface area contributed by atoms with E-state index in [-0.39, 0.29) is 11.0 Å². The predicted octanol–water partition coefficient (Wildman–Crippen LogP) is 3.27. The standard InChI is InChI=1S/C15H15F3N4/c1-9-6-12(15(16,17)18)11-4-5-13-20-10(7-21(2)3)8-22(13)14(11)19-9/h4-6,8H,7H2,1-3H3.